The number of hydrogen-bond donors (Lipinski definition) is 2. The van der Waals surface area contributed by atoms with Gasteiger partial charge in [-0.3, -0.25) is 0 Å². The van der Waals surface area contributed by atoms with Gasteiger partial charge in [0.25, 0.3) is 0 Å². The molecule has 0 spiro atoms. The molecule has 54 valence electrons. The van der Waals surface area contributed by atoms with Gasteiger partial charge in [0.1, 0.15) is 0 Å². The fraction of sp³-hybridized carbons (Fsp3) is 0.250. The van der Waals surface area contributed by atoms with E-state index in [9.17, 15) is 0 Å². The molecule has 0 fully saturated rings. The van der Waals surface area contributed by atoms with Crippen LogP contribution in [0, 0.1) is 0 Å². The quantitative estimate of drug-likeness (QED) is 0.599. The maximum absolute atomic E-state index is 5.34. The third kappa shape index (κ3) is 1.97. The second-order valence-corrected chi connectivity index (χ2v) is 2.29. The van der Waals surface area contributed by atoms with Gasteiger partial charge >= 0.3 is 0 Å². The SMILES string of the molecule is C=C(N)NC1=CCCC=C1. The molecular weight excluding hydrogens is 124 g/mol. The normalized spacial score (nSPS) is 16.2. The minimum absolute atomic E-state index is 0.498. The Kier molecular flexibility index (Phi) is 2.15. The van der Waals surface area contributed by atoms with Gasteiger partial charge in [0.05, 0.1) is 5.82 Å². The molecule has 0 aromatic rings. The number of nitrogens with two attached hydrogens (primary N) is 1. The summed E-state index contributed by atoms with van der Waals surface area (Å²) >= 11 is 0. The van der Waals surface area contributed by atoms with E-state index in [1.165, 1.54) is 0 Å². The first kappa shape index (κ1) is 6.93. The van der Waals surface area contributed by atoms with Crippen LogP contribution in [0.15, 0.2) is 36.3 Å². The molecule has 10 heavy (non-hydrogen) atoms. The second kappa shape index (κ2) is 3.11. The number of allylic oxidation sites excluding steroid dienone is 3. The van der Waals surface area contributed by atoms with Crippen LogP contribution < -0.4 is 11.1 Å². The van der Waals surface area contributed by atoms with Crippen molar-refractivity contribution in [2.45, 2.75) is 12.8 Å². The van der Waals surface area contributed by atoms with Crippen molar-refractivity contribution in [1.82, 2.24) is 5.32 Å². The van der Waals surface area contributed by atoms with E-state index in [2.05, 4.69) is 24.0 Å². The third-order valence-electron chi connectivity index (χ3n) is 1.30. The smallest absolute Gasteiger partial charge is 0.0930 e. The molecule has 0 heterocycles. The van der Waals surface area contributed by atoms with Crippen LogP contribution in [0.3, 0.4) is 0 Å². The molecule has 0 amide bonds. The number of nitrogens with one attached hydrogen (secondary N) is 1. The van der Waals surface area contributed by atoms with E-state index >= 15 is 0 Å². The average molecular weight is 136 g/mol. The summed E-state index contributed by atoms with van der Waals surface area (Å²) in [4.78, 5) is 0. The van der Waals surface area contributed by atoms with Gasteiger partial charge in [-0.1, -0.05) is 18.7 Å². The van der Waals surface area contributed by atoms with Crippen molar-refractivity contribution in [2.24, 2.45) is 5.73 Å². The van der Waals surface area contributed by atoms with E-state index in [0.717, 1.165) is 18.5 Å². The molecule has 0 unspecified atom stereocenters. The molecule has 0 aromatic carbocycles. The first-order chi connectivity index (χ1) is 4.79. The minimum atomic E-state index is 0.498. The van der Waals surface area contributed by atoms with Gasteiger partial charge in [-0.2, -0.15) is 0 Å². The van der Waals surface area contributed by atoms with Gasteiger partial charge in [-0.25, -0.2) is 0 Å². The van der Waals surface area contributed by atoms with Gasteiger partial charge in [0, 0.05) is 5.70 Å². The molecule has 1 aliphatic rings. The van der Waals surface area contributed by atoms with E-state index in [1.807, 2.05) is 6.08 Å². The van der Waals surface area contributed by atoms with Crippen molar-refractivity contribution in [3.63, 3.8) is 0 Å². The topological polar surface area (TPSA) is 38.0 Å². The molecule has 0 radical (unpaired) electrons. The molecule has 0 bridgehead atoms. The highest BCUT2D eigenvalue weighted by atomic mass is 15.0. The van der Waals surface area contributed by atoms with Crippen molar-refractivity contribution in [2.75, 3.05) is 0 Å². The Bertz CT molecular complexity index is 189. The van der Waals surface area contributed by atoms with Gasteiger partial charge in [0.15, 0.2) is 0 Å². The average Bonchev–Trinajstić information content (AvgIpc) is 1.88. The van der Waals surface area contributed by atoms with Crippen LogP contribution in [0.4, 0.5) is 0 Å². The van der Waals surface area contributed by atoms with Gasteiger partial charge in [0.2, 0.25) is 0 Å². The highest BCUT2D eigenvalue weighted by Crippen LogP contribution is 2.06. The summed E-state index contributed by atoms with van der Waals surface area (Å²) in [7, 11) is 0. The zero-order chi connectivity index (χ0) is 7.40. The molecule has 2 heteroatoms. The Balaban J connectivity index is 2.48. The summed E-state index contributed by atoms with van der Waals surface area (Å²) in [5.41, 5.74) is 6.40. The van der Waals surface area contributed by atoms with Crippen molar-refractivity contribution in [3.8, 4) is 0 Å². The van der Waals surface area contributed by atoms with Crippen LogP contribution in [0.1, 0.15) is 12.8 Å². The lowest BCUT2D eigenvalue weighted by Crippen LogP contribution is -2.17. The maximum atomic E-state index is 5.34. The molecular formula is C8H12N2. The van der Waals surface area contributed by atoms with E-state index in [0.29, 0.717) is 5.82 Å². The molecule has 0 saturated heterocycles. The molecule has 0 atom stereocenters. The lowest BCUT2D eigenvalue weighted by Gasteiger charge is -2.08. The van der Waals surface area contributed by atoms with Crippen molar-refractivity contribution in [3.05, 3.63) is 36.3 Å². The molecule has 2 nitrogen and oxygen atoms in total. The van der Waals surface area contributed by atoms with E-state index in [1.54, 1.807) is 0 Å². The van der Waals surface area contributed by atoms with E-state index in [4.69, 9.17) is 5.73 Å². The Morgan fingerprint density at radius 3 is 2.90 bits per heavy atom. The van der Waals surface area contributed by atoms with Crippen LogP contribution >= 0.6 is 0 Å². The van der Waals surface area contributed by atoms with Gasteiger partial charge in [-0.15, -0.1) is 0 Å². The minimum Gasteiger partial charge on any atom is -0.386 e. The van der Waals surface area contributed by atoms with Crippen LogP contribution in [0.5, 0.6) is 0 Å². The summed E-state index contributed by atoms with van der Waals surface area (Å²) in [5.74, 6) is 0.498. The first-order valence-electron chi connectivity index (χ1n) is 3.37. The van der Waals surface area contributed by atoms with Crippen LogP contribution in [0.25, 0.3) is 0 Å². The van der Waals surface area contributed by atoms with Crippen molar-refractivity contribution in [1.29, 1.82) is 0 Å². The van der Waals surface area contributed by atoms with Crippen LogP contribution in [-0.4, -0.2) is 0 Å². The predicted molar refractivity (Wildman–Crippen MR) is 42.9 cm³/mol. The summed E-state index contributed by atoms with van der Waals surface area (Å²) in [6, 6.07) is 0. The van der Waals surface area contributed by atoms with Gasteiger partial charge in [-0.05, 0) is 18.9 Å². The molecule has 1 aliphatic carbocycles. The van der Waals surface area contributed by atoms with Gasteiger partial charge < -0.3 is 11.1 Å². The van der Waals surface area contributed by atoms with Crippen LogP contribution in [-0.2, 0) is 0 Å². The Morgan fingerprint density at radius 2 is 2.40 bits per heavy atom. The molecule has 1 rings (SSSR count). The third-order valence-corrected chi connectivity index (χ3v) is 1.30. The summed E-state index contributed by atoms with van der Waals surface area (Å²) in [6.07, 6.45) is 8.46. The zero-order valence-corrected chi connectivity index (χ0v) is 5.93. The summed E-state index contributed by atoms with van der Waals surface area (Å²) in [6.45, 7) is 3.54. The van der Waals surface area contributed by atoms with Crippen molar-refractivity contribution >= 4 is 0 Å². The van der Waals surface area contributed by atoms with E-state index in [-0.39, 0.29) is 0 Å². The number of rotatable bonds is 2. The molecule has 0 aromatic heterocycles. The molecule has 3 N–H and O–H groups in total. The highest BCUT2D eigenvalue weighted by Gasteiger charge is 1.94. The van der Waals surface area contributed by atoms with E-state index < -0.39 is 0 Å². The summed E-state index contributed by atoms with van der Waals surface area (Å²) < 4.78 is 0. The first-order valence-corrected chi connectivity index (χ1v) is 3.37. The maximum Gasteiger partial charge on any atom is 0.0930 e. The molecule has 0 saturated carbocycles. The Morgan fingerprint density at radius 1 is 1.60 bits per heavy atom. The Hall–Kier alpha value is -1.18. The lowest BCUT2D eigenvalue weighted by atomic mass is 10.1. The van der Waals surface area contributed by atoms with Crippen LogP contribution in [0.2, 0.25) is 0 Å². The predicted octanol–water partition coefficient (Wildman–Crippen LogP) is 1.24. The fourth-order valence-corrected chi connectivity index (χ4v) is 0.891. The monoisotopic (exact) mass is 136 g/mol. The second-order valence-electron chi connectivity index (χ2n) is 2.29. The number of hydrogen-bond acceptors (Lipinski definition) is 2. The summed E-state index contributed by atoms with van der Waals surface area (Å²) in [5, 5.41) is 2.94. The fourth-order valence-electron chi connectivity index (χ4n) is 0.891. The lowest BCUT2D eigenvalue weighted by molar-refractivity contribution is 0.925. The standard InChI is InChI=1S/C8H12N2/c1-7(9)10-8-5-3-2-4-6-8/h3,5-6,10H,1-2,4,9H2. The van der Waals surface area contributed by atoms with Crippen molar-refractivity contribution < 1.29 is 0 Å². The molecule has 0 aliphatic heterocycles. The highest BCUT2D eigenvalue weighted by molar-refractivity contribution is 5.22. The Labute approximate surface area is 61.1 Å². The zero-order valence-electron chi connectivity index (χ0n) is 5.93. The largest absolute Gasteiger partial charge is 0.386 e.